The number of rotatable bonds is 14. The van der Waals surface area contributed by atoms with E-state index in [2.05, 4.69) is 148 Å². The number of hydrogen-bond donors (Lipinski definition) is 3. The van der Waals surface area contributed by atoms with E-state index < -0.39 is 97.5 Å². The van der Waals surface area contributed by atoms with Crippen molar-refractivity contribution in [3.63, 3.8) is 0 Å². The molecule has 0 aliphatic carbocycles. The van der Waals surface area contributed by atoms with Gasteiger partial charge >= 0.3 is 106 Å². The first kappa shape index (κ1) is 74.2. The summed E-state index contributed by atoms with van der Waals surface area (Å²) >= 11 is 50.0. The molecule has 0 aliphatic heterocycles. The molecule has 1 radical (unpaired) electrons. The molecular formula is C77H60BBr7Cl5CsNO17S. The van der Waals surface area contributed by atoms with Crippen LogP contribution in [0.2, 0.25) is 0 Å². The molecule has 0 amide bonds. The van der Waals surface area contributed by atoms with Gasteiger partial charge in [0.15, 0.2) is 34.6 Å². The van der Waals surface area contributed by atoms with Crippen molar-refractivity contribution in [1.82, 2.24) is 0 Å². The first-order valence-electron chi connectivity index (χ1n) is 38.3. The van der Waals surface area contributed by atoms with Crippen LogP contribution in [0.4, 0.5) is 0 Å². The predicted molar refractivity (Wildman–Crippen MR) is 453 cm³/mol. The summed E-state index contributed by atoms with van der Waals surface area (Å²) in [4.78, 5) is 93.0. The van der Waals surface area contributed by atoms with Gasteiger partial charge < -0.3 is 47.3 Å². The molecule has 33 heteroatoms. The number of ether oxygens (including phenoxy) is 2. The van der Waals surface area contributed by atoms with Gasteiger partial charge in [0.2, 0.25) is 5.24 Å². The van der Waals surface area contributed by atoms with E-state index in [-0.39, 0.29) is 246 Å². The van der Waals surface area contributed by atoms with Crippen molar-refractivity contribution in [3.8, 4) is 23.0 Å². The van der Waals surface area contributed by atoms with Crippen molar-refractivity contribution in [2.45, 2.75) is 82.7 Å². The number of alkyl halides is 5. The molecule has 4 aromatic heterocycles. The minimum atomic E-state index is -1.61. The zero-order chi connectivity index (χ0) is 95.4. The third-order valence-corrected chi connectivity index (χ3v) is 17.2. The van der Waals surface area contributed by atoms with Gasteiger partial charge in [-0.25, -0.2) is 0 Å². The number of carbonyl (C=O) groups excluding carboxylic acids is 8. The summed E-state index contributed by atoms with van der Waals surface area (Å²) in [5.74, 6) is -2.47. The molecule has 8 aromatic carbocycles. The number of carboxylic acid groups (broad SMARTS) is 1. The van der Waals surface area contributed by atoms with Crippen LogP contribution in [0.15, 0.2) is 206 Å². The molecule has 0 fully saturated rings. The molecule has 0 spiro atoms. The van der Waals surface area contributed by atoms with E-state index in [1.807, 2.05) is 0 Å². The number of carboxylic acids is 1. The summed E-state index contributed by atoms with van der Waals surface area (Å²) in [5, 5.41) is 28.0. The van der Waals surface area contributed by atoms with Crippen LogP contribution < -0.4 is 83.5 Å². The van der Waals surface area contributed by atoms with Crippen LogP contribution in [0.3, 0.4) is 0 Å². The molecule has 569 valence electrons. The molecule has 1 atom stereocenters. The number of carbonyl (C=O) groups is 8. The smallest absolute Gasteiger partial charge is 1.00 e. The SMILES string of the molecule is CC(=O)Cl.CC(=O)[O-].ClC(Cl)(Cl)Cl.[2H]c1c([2H])c([2H])c2c(C(=O)c3cc(Br)c(O)c(Br)c3)c(CC)oc2c1[2H].[2H]c1c([2H])c([2H])c2c(C(=O)c3cc(Br)c(OC(C)=O)c(Br)c3)c(C(C)Br)oc2c1[2H].[2H]c1c([2H])c([2H])c2c(C(=O)c3cc(Br)c(OC(C)=O)c(Br)c3)c(CC)oc2c1[2H].[2H]c1c([2H])c([2H])c2c(C(=O)c3ccc(O)cc3)c(CC)oc2c1[2H].[B]=NS.[Cs+]. The Labute approximate surface area is 803 Å². The van der Waals surface area contributed by atoms with E-state index in [0.717, 1.165) is 6.92 Å². The second kappa shape index (κ2) is 46.8. The minimum Gasteiger partial charge on any atom is 1.00 e. The van der Waals surface area contributed by atoms with E-state index >= 15 is 0 Å². The van der Waals surface area contributed by atoms with Gasteiger partial charge in [0.25, 0.3) is 3.25 Å². The Morgan fingerprint density at radius 2 is 0.745 bits per heavy atom. The summed E-state index contributed by atoms with van der Waals surface area (Å²) in [6.45, 7) is 11.8. The number of benzene rings is 8. The number of ketones is 4. The van der Waals surface area contributed by atoms with Crippen molar-refractivity contribution in [2.75, 3.05) is 0 Å². The fourth-order valence-corrected chi connectivity index (χ4v) is 13.4. The van der Waals surface area contributed by atoms with Crippen LogP contribution >= 0.6 is 182 Å². The molecule has 0 saturated heterocycles. The second-order valence-electron chi connectivity index (χ2n) is 20.9. The van der Waals surface area contributed by atoms with Crippen molar-refractivity contribution in [2.24, 2.45) is 4.30 Å². The molecule has 2 N–H and O–H groups in total. The maximum absolute atomic E-state index is 13.5. The molecule has 0 saturated carbocycles. The number of aliphatic carboxylic acids is 1. The summed E-state index contributed by atoms with van der Waals surface area (Å²) in [6.07, 6.45) is 1.03. The maximum Gasteiger partial charge on any atom is 1.00 e. The van der Waals surface area contributed by atoms with Gasteiger partial charge in [0.05, 0.1) is 75.8 Å². The van der Waals surface area contributed by atoms with Crippen molar-refractivity contribution >= 4 is 280 Å². The Morgan fingerprint density at radius 3 is 1.01 bits per heavy atom. The molecule has 1 unspecified atom stereocenters. The van der Waals surface area contributed by atoms with Crippen LogP contribution in [0.25, 0.3) is 43.9 Å². The van der Waals surface area contributed by atoms with Crippen molar-refractivity contribution in [1.29, 1.82) is 0 Å². The summed E-state index contributed by atoms with van der Waals surface area (Å²) < 4.78 is 164. The van der Waals surface area contributed by atoms with Crippen molar-refractivity contribution in [3.05, 3.63) is 252 Å². The van der Waals surface area contributed by atoms with Crippen LogP contribution in [0, 0.1) is 0 Å². The quantitative estimate of drug-likeness (QED) is 0.0173. The monoisotopic (exact) mass is 2190 g/mol. The number of esters is 2. The van der Waals surface area contributed by atoms with E-state index in [4.69, 9.17) is 105 Å². The van der Waals surface area contributed by atoms with Gasteiger partial charge in [0.1, 0.15) is 56.9 Å². The topological polar surface area (TPSA) is 283 Å². The van der Waals surface area contributed by atoms with E-state index in [0.29, 0.717) is 57.4 Å². The largest absolute Gasteiger partial charge is 1.00 e. The third kappa shape index (κ3) is 28.4. The van der Waals surface area contributed by atoms with Gasteiger partial charge in [-0.2, -0.15) is 0 Å². The number of aryl methyl sites for hydroxylation is 3. The van der Waals surface area contributed by atoms with Crippen LogP contribution in [-0.2, 0) is 38.4 Å². The van der Waals surface area contributed by atoms with Gasteiger partial charge in [-0.15, -0.1) is 0 Å². The van der Waals surface area contributed by atoms with Crippen LogP contribution in [0.1, 0.15) is 169 Å². The molecule has 0 bridgehead atoms. The Hall–Kier alpha value is -4.64. The number of halogens is 12. The Kier molecular flexibility index (Phi) is 31.6. The predicted octanol–water partition coefficient (Wildman–Crippen LogP) is 20.9. The molecule has 12 rings (SSSR count). The number of fused-ring (bicyclic) bond motifs is 4. The first-order chi connectivity index (χ1) is 58.0. The number of phenols is 2. The fraction of sp³-hybridized carbons (Fsp3) is 0.169. The van der Waals surface area contributed by atoms with E-state index in [1.165, 1.54) is 81.4 Å². The zero-order valence-corrected chi connectivity index (χ0v) is 80.1. The number of hydrogen-bond acceptors (Lipinski definition) is 19. The second-order valence-corrected chi connectivity index (χ2v) is 31.6. The Bertz CT molecular complexity index is 6230. The van der Waals surface area contributed by atoms with Gasteiger partial charge in [0, 0.05) is 89.8 Å². The van der Waals surface area contributed by atoms with E-state index in [9.17, 15) is 43.8 Å². The molecule has 18 nitrogen and oxygen atoms in total. The average molecular weight is 2200 g/mol. The Balaban J connectivity index is 0.000000332. The van der Waals surface area contributed by atoms with Crippen molar-refractivity contribution < 1.29 is 172 Å². The number of aromatic hydroxyl groups is 2. The van der Waals surface area contributed by atoms with Gasteiger partial charge in [-0.3, -0.25) is 33.6 Å². The number of para-hydroxylation sites is 4. The fourth-order valence-electron chi connectivity index (χ4n) is 9.16. The standard InChI is InChI=1S/C19H13Br3O4.C19H14Br2O4.C17H12Br2O3.C17H14O3.C2H3ClO.C2H4O2.CCl4.BHNS.Cs/c1-9(20)18-16(12-5-3-4-6-15(12)26-18)17(24)11-7-13(21)19(14(22)8-11)25-10(2)23;1-3-15-17(12-6-4-5-7-16(12)25-15)18(23)11-8-13(20)19(14(21)9-11)24-10(2)22;1-2-13-15(10-5-3-4-6-14(10)22-13)16(20)9-7-11(18)17(21)12(19)8-9;1-2-14-16(13-5-3-4-6-15(13)20-14)17(19)11-7-9-12(18)10-8-11;2*1-2(3)4;2-1(3,4)5;1-2-3;/h3-9H,1-2H3;4-9H,3H2,1-2H3;3-8,21H,2H2,1H3;3-10,18H,2H2,1H3;1H3;1H3,(H,3,4);;3H;/q;;;;;;;;+1/p-1/i3D,4D,5D,6D;4D,5D,6D,7D;2*3D,4D,5D,6D;;;;;. The number of nitrogens with zero attached hydrogens (tertiary/aromatic N) is 1. The third-order valence-electron chi connectivity index (χ3n) is 13.2. The van der Waals surface area contributed by atoms with Gasteiger partial charge in [-0.05, 0) is 206 Å². The summed E-state index contributed by atoms with van der Waals surface area (Å²) in [7, 11) is 4.34. The normalized spacial score (nSPS) is 12.7. The maximum atomic E-state index is 13.5. The van der Waals surface area contributed by atoms with E-state index in [1.54, 1.807) is 27.7 Å². The zero-order valence-electron chi connectivity index (χ0n) is 74.0. The average Bonchev–Trinajstić information content (AvgIpc) is 1.60. The molecule has 110 heavy (non-hydrogen) atoms. The minimum absolute atomic E-state index is 0. The van der Waals surface area contributed by atoms with Crippen LogP contribution in [-0.4, -0.2) is 67.4 Å². The Morgan fingerprint density at radius 1 is 0.509 bits per heavy atom. The molecule has 0 aliphatic rings. The molecular weight excluding hydrogens is 2120 g/mol. The number of furan rings is 4. The molecule has 12 aromatic rings. The van der Waals surface area contributed by atoms with Crippen LogP contribution in [0.5, 0.6) is 23.0 Å². The summed E-state index contributed by atoms with van der Waals surface area (Å²) in [5.41, 5.74) is 1.18. The van der Waals surface area contributed by atoms with Gasteiger partial charge in [-0.1, -0.05) is 156 Å². The number of phenolic OH excluding ortho intramolecular Hbond substituents is 2. The number of thiol groups is 1. The molecule has 4 heterocycles. The first-order valence-corrected chi connectivity index (χ1v) is 38.3. The summed E-state index contributed by atoms with van der Waals surface area (Å²) in [6, 6.07) is 8.51.